The first-order valence-corrected chi connectivity index (χ1v) is 8.03. The topological polar surface area (TPSA) is 47.3 Å². The van der Waals surface area contributed by atoms with Crippen LogP contribution in [0.5, 0.6) is 5.75 Å². The molecule has 1 N–H and O–H groups in total. The number of unbranched alkanes of at least 4 members (excludes halogenated alkanes) is 1. The first-order valence-electron chi connectivity index (χ1n) is 8.03. The van der Waals surface area contributed by atoms with E-state index in [1.165, 1.54) is 5.52 Å². The van der Waals surface area contributed by atoms with E-state index in [-0.39, 0.29) is 6.61 Å². The number of benzene rings is 1. The summed E-state index contributed by atoms with van der Waals surface area (Å²) >= 11 is 0. The SMILES string of the molecule is CCCCn1c(CCCO)nc2cc(OCCC)ccc21. The third kappa shape index (κ3) is 3.97. The number of hydrogen-bond acceptors (Lipinski definition) is 3. The van der Waals surface area contributed by atoms with Gasteiger partial charge in [-0.25, -0.2) is 4.98 Å². The monoisotopic (exact) mass is 290 g/mol. The summed E-state index contributed by atoms with van der Waals surface area (Å²) in [6.07, 6.45) is 4.89. The van der Waals surface area contributed by atoms with Crippen LogP contribution < -0.4 is 4.74 Å². The summed E-state index contributed by atoms with van der Waals surface area (Å²) in [5.41, 5.74) is 2.16. The van der Waals surface area contributed by atoms with E-state index in [1.807, 2.05) is 12.1 Å². The maximum atomic E-state index is 9.05. The first kappa shape index (κ1) is 15.8. The summed E-state index contributed by atoms with van der Waals surface area (Å²) in [6, 6.07) is 6.15. The van der Waals surface area contributed by atoms with Crippen LogP contribution in [0.2, 0.25) is 0 Å². The molecule has 0 bridgehead atoms. The van der Waals surface area contributed by atoms with Crippen LogP contribution in [-0.4, -0.2) is 27.9 Å². The van der Waals surface area contributed by atoms with Crippen molar-refractivity contribution in [3.63, 3.8) is 0 Å². The molecule has 1 heterocycles. The zero-order chi connectivity index (χ0) is 15.1. The minimum atomic E-state index is 0.210. The van der Waals surface area contributed by atoms with Crippen LogP contribution in [-0.2, 0) is 13.0 Å². The molecular formula is C17H26N2O2. The number of imidazole rings is 1. The van der Waals surface area contributed by atoms with E-state index in [2.05, 4.69) is 24.5 Å². The molecule has 0 radical (unpaired) electrons. The maximum absolute atomic E-state index is 9.05. The fourth-order valence-electron chi connectivity index (χ4n) is 2.46. The lowest BCUT2D eigenvalue weighted by molar-refractivity contribution is 0.287. The molecule has 0 amide bonds. The Bertz CT molecular complexity index is 563. The van der Waals surface area contributed by atoms with Gasteiger partial charge in [0.05, 0.1) is 17.6 Å². The Morgan fingerprint density at radius 2 is 2.05 bits per heavy atom. The molecule has 4 heteroatoms. The summed E-state index contributed by atoms with van der Waals surface area (Å²) in [6.45, 7) is 6.23. The highest BCUT2D eigenvalue weighted by atomic mass is 16.5. The second-order valence-corrected chi connectivity index (χ2v) is 5.36. The van der Waals surface area contributed by atoms with Crippen LogP contribution in [0, 0.1) is 0 Å². The zero-order valence-corrected chi connectivity index (χ0v) is 13.1. The fraction of sp³-hybridized carbons (Fsp3) is 0.588. The Kier molecular flexibility index (Phi) is 6.05. The molecule has 1 aromatic carbocycles. The number of aryl methyl sites for hydroxylation is 2. The Labute approximate surface area is 126 Å². The Hall–Kier alpha value is -1.55. The van der Waals surface area contributed by atoms with Crippen molar-refractivity contribution in [1.82, 2.24) is 9.55 Å². The van der Waals surface area contributed by atoms with E-state index in [9.17, 15) is 0 Å². The number of nitrogens with zero attached hydrogens (tertiary/aromatic N) is 2. The number of hydrogen-bond donors (Lipinski definition) is 1. The molecule has 116 valence electrons. The van der Waals surface area contributed by atoms with Crippen molar-refractivity contribution >= 4 is 11.0 Å². The van der Waals surface area contributed by atoms with Gasteiger partial charge in [0.15, 0.2) is 0 Å². The summed E-state index contributed by atoms with van der Waals surface area (Å²) in [5, 5.41) is 9.05. The van der Waals surface area contributed by atoms with Crippen molar-refractivity contribution in [2.24, 2.45) is 0 Å². The van der Waals surface area contributed by atoms with Gasteiger partial charge >= 0.3 is 0 Å². The van der Waals surface area contributed by atoms with E-state index in [1.54, 1.807) is 0 Å². The Morgan fingerprint density at radius 1 is 1.19 bits per heavy atom. The van der Waals surface area contributed by atoms with Gasteiger partial charge in [0.2, 0.25) is 0 Å². The molecule has 0 saturated heterocycles. The lowest BCUT2D eigenvalue weighted by Crippen LogP contribution is -2.05. The third-order valence-electron chi connectivity index (χ3n) is 3.57. The van der Waals surface area contributed by atoms with Crippen molar-refractivity contribution in [2.75, 3.05) is 13.2 Å². The molecule has 2 rings (SSSR count). The second-order valence-electron chi connectivity index (χ2n) is 5.36. The van der Waals surface area contributed by atoms with Crippen molar-refractivity contribution < 1.29 is 9.84 Å². The average molecular weight is 290 g/mol. The summed E-state index contributed by atoms with van der Waals surface area (Å²) in [7, 11) is 0. The number of aromatic nitrogens is 2. The average Bonchev–Trinajstić information content (AvgIpc) is 2.85. The Balaban J connectivity index is 2.30. The normalized spacial score (nSPS) is 11.2. The third-order valence-corrected chi connectivity index (χ3v) is 3.57. The lowest BCUT2D eigenvalue weighted by atomic mass is 10.2. The highest BCUT2D eigenvalue weighted by Gasteiger charge is 2.11. The molecule has 1 aromatic heterocycles. The van der Waals surface area contributed by atoms with Crippen LogP contribution in [0.1, 0.15) is 45.4 Å². The molecule has 0 aliphatic rings. The maximum Gasteiger partial charge on any atom is 0.121 e. The van der Waals surface area contributed by atoms with Crippen LogP contribution in [0.15, 0.2) is 18.2 Å². The van der Waals surface area contributed by atoms with E-state index >= 15 is 0 Å². The minimum absolute atomic E-state index is 0.210. The molecule has 0 atom stereocenters. The fourth-order valence-corrected chi connectivity index (χ4v) is 2.46. The predicted octanol–water partition coefficient (Wildman–Crippen LogP) is 3.55. The highest BCUT2D eigenvalue weighted by molar-refractivity contribution is 5.77. The number of fused-ring (bicyclic) bond motifs is 1. The van der Waals surface area contributed by atoms with Gasteiger partial charge in [0, 0.05) is 25.6 Å². The van der Waals surface area contributed by atoms with Gasteiger partial charge in [-0.2, -0.15) is 0 Å². The molecule has 0 unspecified atom stereocenters. The van der Waals surface area contributed by atoms with Crippen molar-refractivity contribution in [2.45, 2.75) is 52.5 Å². The number of aliphatic hydroxyl groups excluding tert-OH is 1. The molecule has 2 aromatic rings. The van der Waals surface area contributed by atoms with Crippen molar-refractivity contribution in [3.05, 3.63) is 24.0 Å². The molecule has 0 spiro atoms. The smallest absolute Gasteiger partial charge is 0.121 e. The van der Waals surface area contributed by atoms with E-state index in [4.69, 9.17) is 14.8 Å². The van der Waals surface area contributed by atoms with Crippen LogP contribution >= 0.6 is 0 Å². The van der Waals surface area contributed by atoms with Crippen LogP contribution in [0.3, 0.4) is 0 Å². The second kappa shape index (κ2) is 8.03. The van der Waals surface area contributed by atoms with Gasteiger partial charge < -0.3 is 14.4 Å². The molecular weight excluding hydrogens is 264 g/mol. The molecule has 0 aliphatic heterocycles. The summed E-state index contributed by atoms with van der Waals surface area (Å²) < 4.78 is 7.98. The van der Waals surface area contributed by atoms with E-state index in [0.29, 0.717) is 0 Å². The zero-order valence-electron chi connectivity index (χ0n) is 13.1. The van der Waals surface area contributed by atoms with Gasteiger partial charge in [-0.15, -0.1) is 0 Å². The molecule has 0 saturated carbocycles. The number of ether oxygens (including phenoxy) is 1. The standard InChI is InChI=1S/C17H26N2O2/c1-3-5-10-19-16-9-8-14(21-12-4-2)13-15(16)18-17(19)7-6-11-20/h8-9,13,20H,3-7,10-12H2,1-2H3. The molecule has 4 nitrogen and oxygen atoms in total. The van der Waals surface area contributed by atoms with E-state index < -0.39 is 0 Å². The van der Waals surface area contributed by atoms with Crippen molar-refractivity contribution in [1.29, 1.82) is 0 Å². The van der Waals surface area contributed by atoms with Crippen LogP contribution in [0.25, 0.3) is 11.0 Å². The van der Waals surface area contributed by atoms with E-state index in [0.717, 1.165) is 62.3 Å². The van der Waals surface area contributed by atoms with Crippen LogP contribution in [0.4, 0.5) is 0 Å². The van der Waals surface area contributed by atoms with Gasteiger partial charge in [0.25, 0.3) is 0 Å². The first-order chi connectivity index (χ1) is 10.3. The van der Waals surface area contributed by atoms with Crippen molar-refractivity contribution in [3.8, 4) is 5.75 Å². The Morgan fingerprint density at radius 3 is 2.76 bits per heavy atom. The summed E-state index contributed by atoms with van der Waals surface area (Å²) in [4.78, 5) is 4.74. The molecule has 0 fully saturated rings. The quantitative estimate of drug-likeness (QED) is 0.768. The number of aliphatic hydroxyl groups is 1. The number of rotatable bonds is 9. The van der Waals surface area contributed by atoms with Gasteiger partial charge in [0.1, 0.15) is 11.6 Å². The van der Waals surface area contributed by atoms with Gasteiger partial charge in [-0.1, -0.05) is 20.3 Å². The predicted molar refractivity (Wildman–Crippen MR) is 85.8 cm³/mol. The molecule has 21 heavy (non-hydrogen) atoms. The molecule has 0 aliphatic carbocycles. The van der Waals surface area contributed by atoms with Gasteiger partial charge in [-0.05, 0) is 31.4 Å². The highest BCUT2D eigenvalue weighted by Crippen LogP contribution is 2.23. The minimum Gasteiger partial charge on any atom is -0.494 e. The van der Waals surface area contributed by atoms with Gasteiger partial charge in [-0.3, -0.25) is 0 Å². The largest absolute Gasteiger partial charge is 0.494 e. The lowest BCUT2D eigenvalue weighted by Gasteiger charge is -2.08. The summed E-state index contributed by atoms with van der Waals surface area (Å²) in [5.74, 6) is 1.96.